The van der Waals surface area contributed by atoms with Gasteiger partial charge < -0.3 is 4.74 Å². The fourth-order valence-corrected chi connectivity index (χ4v) is 2.80. The van der Waals surface area contributed by atoms with Crippen LogP contribution in [-0.2, 0) is 0 Å². The summed E-state index contributed by atoms with van der Waals surface area (Å²) in [6.07, 6.45) is 0.206. The van der Waals surface area contributed by atoms with Crippen LogP contribution < -0.4 is 4.74 Å². The Morgan fingerprint density at radius 1 is 1.24 bits per heavy atom. The smallest absolute Gasteiger partial charge is 0.124 e. The Kier molecular flexibility index (Phi) is 3.84. The number of hydrogen-bond donors (Lipinski definition) is 0. The minimum absolute atomic E-state index is 0.206. The first-order valence-electron chi connectivity index (χ1n) is 5.46. The maximum absolute atomic E-state index is 5.61. The largest absolute Gasteiger partial charge is 0.491 e. The summed E-state index contributed by atoms with van der Waals surface area (Å²) in [6, 6.07) is 8.06. The highest BCUT2D eigenvalue weighted by Gasteiger charge is 2.07. The molecule has 0 aliphatic rings. The lowest BCUT2D eigenvalue weighted by molar-refractivity contribution is 0.242. The zero-order valence-electron chi connectivity index (χ0n) is 10.0. The van der Waals surface area contributed by atoms with Gasteiger partial charge in [0, 0.05) is 10.4 Å². The fraction of sp³-hybridized carbons (Fsp3) is 0.308. The molecular weight excluding hydrogens is 298 g/mol. The third kappa shape index (κ3) is 3.07. The lowest BCUT2D eigenvalue weighted by Crippen LogP contribution is -2.05. The standard InChI is InChI=1S/C13H14BrNOS/c1-8(2)16-11-6-4-10(5-7-11)13-15-12(14)9(3)17-13/h4-8H,1-3H3. The van der Waals surface area contributed by atoms with Crippen molar-refractivity contribution in [2.24, 2.45) is 0 Å². The van der Waals surface area contributed by atoms with Gasteiger partial charge in [0.25, 0.3) is 0 Å². The molecule has 0 unspecified atom stereocenters. The van der Waals surface area contributed by atoms with Crippen molar-refractivity contribution < 1.29 is 4.74 Å². The van der Waals surface area contributed by atoms with E-state index in [1.165, 1.54) is 4.88 Å². The number of benzene rings is 1. The molecule has 1 aromatic carbocycles. The van der Waals surface area contributed by atoms with Crippen LogP contribution >= 0.6 is 27.3 Å². The number of halogens is 1. The highest BCUT2D eigenvalue weighted by molar-refractivity contribution is 9.10. The summed E-state index contributed by atoms with van der Waals surface area (Å²) in [5, 5.41) is 1.03. The molecule has 0 atom stereocenters. The summed E-state index contributed by atoms with van der Waals surface area (Å²) in [5.74, 6) is 0.899. The van der Waals surface area contributed by atoms with Gasteiger partial charge in [0.1, 0.15) is 15.4 Å². The van der Waals surface area contributed by atoms with E-state index in [9.17, 15) is 0 Å². The molecule has 1 aromatic heterocycles. The van der Waals surface area contributed by atoms with Gasteiger partial charge in [-0.25, -0.2) is 4.98 Å². The second-order valence-electron chi connectivity index (χ2n) is 4.06. The SMILES string of the molecule is Cc1sc(-c2ccc(OC(C)C)cc2)nc1Br. The second kappa shape index (κ2) is 5.19. The number of hydrogen-bond acceptors (Lipinski definition) is 3. The summed E-state index contributed by atoms with van der Waals surface area (Å²) in [6.45, 7) is 6.10. The molecule has 90 valence electrons. The van der Waals surface area contributed by atoms with E-state index in [0.29, 0.717) is 0 Å². The predicted molar refractivity (Wildman–Crippen MR) is 75.8 cm³/mol. The van der Waals surface area contributed by atoms with Gasteiger partial charge in [0.2, 0.25) is 0 Å². The van der Waals surface area contributed by atoms with Crippen LogP contribution in [0, 0.1) is 6.92 Å². The lowest BCUT2D eigenvalue weighted by Gasteiger charge is -2.09. The summed E-state index contributed by atoms with van der Waals surface area (Å²) in [5.41, 5.74) is 1.12. The van der Waals surface area contributed by atoms with Gasteiger partial charge in [-0.2, -0.15) is 0 Å². The summed E-state index contributed by atoms with van der Waals surface area (Å²) in [7, 11) is 0. The molecule has 2 rings (SSSR count). The Hall–Kier alpha value is -0.870. The Labute approximate surface area is 114 Å². The average molecular weight is 312 g/mol. The molecule has 0 bridgehead atoms. The van der Waals surface area contributed by atoms with Gasteiger partial charge in [-0.05, 0) is 61.0 Å². The normalized spacial score (nSPS) is 10.9. The van der Waals surface area contributed by atoms with Crippen LogP contribution in [0.2, 0.25) is 0 Å². The van der Waals surface area contributed by atoms with E-state index in [4.69, 9.17) is 4.74 Å². The summed E-state index contributed by atoms with van der Waals surface area (Å²) >= 11 is 5.12. The van der Waals surface area contributed by atoms with Crippen molar-refractivity contribution in [1.29, 1.82) is 0 Å². The van der Waals surface area contributed by atoms with Crippen LogP contribution in [-0.4, -0.2) is 11.1 Å². The van der Waals surface area contributed by atoms with E-state index in [0.717, 1.165) is 20.9 Å². The molecule has 2 aromatic rings. The van der Waals surface area contributed by atoms with Gasteiger partial charge in [-0.15, -0.1) is 11.3 Å². The van der Waals surface area contributed by atoms with Gasteiger partial charge in [0.05, 0.1) is 6.10 Å². The van der Waals surface area contributed by atoms with E-state index >= 15 is 0 Å². The molecule has 0 radical (unpaired) electrons. The zero-order chi connectivity index (χ0) is 12.4. The van der Waals surface area contributed by atoms with Crippen LogP contribution in [0.3, 0.4) is 0 Å². The van der Waals surface area contributed by atoms with Crippen LogP contribution in [0.25, 0.3) is 10.6 Å². The highest BCUT2D eigenvalue weighted by Crippen LogP contribution is 2.31. The van der Waals surface area contributed by atoms with Crippen molar-refractivity contribution in [2.75, 3.05) is 0 Å². The quantitative estimate of drug-likeness (QED) is 0.822. The van der Waals surface area contributed by atoms with Crippen LogP contribution in [0.5, 0.6) is 5.75 Å². The highest BCUT2D eigenvalue weighted by atomic mass is 79.9. The minimum Gasteiger partial charge on any atom is -0.491 e. The molecule has 0 aliphatic carbocycles. The molecule has 2 nitrogen and oxygen atoms in total. The van der Waals surface area contributed by atoms with Crippen molar-refractivity contribution in [3.05, 3.63) is 33.7 Å². The number of nitrogens with zero attached hydrogens (tertiary/aromatic N) is 1. The maximum Gasteiger partial charge on any atom is 0.124 e. The molecule has 0 spiro atoms. The summed E-state index contributed by atoms with van der Waals surface area (Å²) in [4.78, 5) is 5.66. The first-order chi connectivity index (χ1) is 8.06. The van der Waals surface area contributed by atoms with E-state index < -0.39 is 0 Å². The first-order valence-corrected chi connectivity index (χ1v) is 7.07. The molecule has 1 heterocycles. The number of aryl methyl sites for hydroxylation is 1. The topological polar surface area (TPSA) is 22.1 Å². The molecule has 0 aliphatic heterocycles. The van der Waals surface area contributed by atoms with Crippen LogP contribution in [0.1, 0.15) is 18.7 Å². The van der Waals surface area contributed by atoms with Crippen LogP contribution in [0.4, 0.5) is 0 Å². The Morgan fingerprint density at radius 3 is 2.35 bits per heavy atom. The van der Waals surface area contributed by atoms with Crippen molar-refractivity contribution in [2.45, 2.75) is 26.9 Å². The maximum atomic E-state index is 5.61. The Morgan fingerprint density at radius 2 is 1.88 bits per heavy atom. The zero-order valence-corrected chi connectivity index (χ0v) is 12.4. The second-order valence-corrected chi connectivity index (χ2v) is 6.01. The predicted octanol–water partition coefficient (Wildman–Crippen LogP) is 4.67. The van der Waals surface area contributed by atoms with Gasteiger partial charge in [-0.3, -0.25) is 0 Å². The number of thiazole rings is 1. The van der Waals surface area contributed by atoms with Crippen molar-refractivity contribution in [3.8, 4) is 16.3 Å². The van der Waals surface area contributed by atoms with Gasteiger partial charge in [-0.1, -0.05) is 0 Å². The molecule has 0 fully saturated rings. The third-order valence-corrected chi connectivity index (χ3v) is 4.27. The van der Waals surface area contributed by atoms with E-state index in [2.05, 4.69) is 27.8 Å². The Bertz CT molecular complexity index is 485. The average Bonchev–Trinajstić information content (AvgIpc) is 2.59. The summed E-state index contributed by atoms with van der Waals surface area (Å²) < 4.78 is 6.54. The fourth-order valence-electron chi connectivity index (χ4n) is 1.45. The van der Waals surface area contributed by atoms with Crippen molar-refractivity contribution >= 4 is 27.3 Å². The molecule has 0 amide bonds. The third-order valence-electron chi connectivity index (χ3n) is 2.21. The van der Waals surface area contributed by atoms with Gasteiger partial charge in [0.15, 0.2) is 0 Å². The number of ether oxygens (including phenoxy) is 1. The number of aromatic nitrogens is 1. The van der Waals surface area contributed by atoms with E-state index in [-0.39, 0.29) is 6.10 Å². The van der Waals surface area contributed by atoms with Crippen molar-refractivity contribution in [3.63, 3.8) is 0 Å². The molecule has 17 heavy (non-hydrogen) atoms. The lowest BCUT2D eigenvalue weighted by atomic mass is 10.2. The van der Waals surface area contributed by atoms with E-state index in [1.54, 1.807) is 11.3 Å². The molecule has 0 saturated heterocycles. The van der Waals surface area contributed by atoms with Gasteiger partial charge >= 0.3 is 0 Å². The minimum atomic E-state index is 0.206. The molecular formula is C13H14BrNOS. The number of rotatable bonds is 3. The van der Waals surface area contributed by atoms with Crippen LogP contribution in [0.15, 0.2) is 28.9 Å². The first kappa shape index (κ1) is 12.6. The van der Waals surface area contributed by atoms with Crippen molar-refractivity contribution in [1.82, 2.24) is 4.98 Å². The molecule has 0 N–H and O–H groups in total. The Balaban J connectivity index is 2.23. The molecule has 4 heteroatoms. The monoisotopic (exact) mass is 311 g/mol. The van der Waals surface area contributed by atoms with E-state index in [1.807, 2.05) is 38.1 Å². The molecule has 0 saturated carbocycles.